The lowest BCUT2D eigenvalue weighted by Crippen LogP contribution is -2.42. The number of nitrogens with zero attached hydrogens (tertiary/aromatic N) is 1. The number of H-pyrrole nitrogens is 1. The van der Waals surface area contributed by atoms with Crippen molar-refractivity contribution in [3.05, 3.63) is 23.8 Å². The highest BCUT2D eigenvalue weighted by molar-refractivity contribution is 7.99. The van der Waals surface area contributed by atoms with Crippen molar-refractivity contribution in [3.8, 4) is 0 Å². The first-order valence-electron chi connectivity index (χ1n) is 6.43. The highest BCUT2D eigenvalue weighted by Crippen LogP contribution is 2.21. The normalized spacial score (nSPS) is 12.1. The van der Waals surface area contributed by atoms with Crippen LogP contribution in [0, 0.1) is 6.92 Å². The Morgan fingerprint density at radius 3 is 2.90 bits per heavy atom. The van der Waals surface area contributed by atoms with Gasteiger partial charge in [-0.1, -0.05) is 17.8 Å². The van der Waals surface area contributed by atoms with E-state index in [9.17, 15) is 9.59 Å². The molecule has 6 nitrogen and oxygen atoms in total. The number of aromatic nitrogens is 2. The van der Waals surface area contributed by atoms with Crippen LogP contribution < -0.4 is 5.32 Å². The molecule has 1 amide bonds. The Balaban J connectivity index is 2.07. The summed E-state index contributed by atoms with van der Waals surface area (Å²) < 4.78 is 4.68. The highest BCUT2D eigenvalue weighted by Gasteiger charge is 2.21. The number of carbonyl (C=O) groups is 2. The van der Waals surface area contributed by atoms with Crippen molar-refractivity contribution in [1.29, 1.82) is 0 Å². The van der Waals surface area contributed by atoms with E-state index in [0.29, 0.717) is 10.9 Å². The van der Waals surface area contributed by atoms with Crippen molar-refractivity contribution >= 4 is 34.7 Å². The van der Waals surface area contributed by atoms with E-state index in [0.717, 1.165) is 16.6 Å². The van der Waals surface area contributed by atoms with E-state index in [4.69, 9.17) is 0 Å². The summed E-state index contributed by atoms with van der Waals surface area (Å²) >= 11 is 1.36. The van der Waals surface area contributed by atoms with Crippen LogP contribution in [-0.4, -0.2) is 40.7 Å². The Morgan fingerprint density at radius 1 is 1.48 bits per heavy atom. The van der Waals surface area contributed by atoms with Crippen LogP contribution in [0.2, 0.25) is 0 Å². The molecule has 1 aromatic heterocycles. The summed E-state index contributed by atoms with van der Waals surface area (Å²) in [6.45, 7) is 3.38. The van der Waals surface area contributed by atoms with Gasteiger partial charge in [0.2, 0.25) is 5.91 Å². The van der Waals surface area contributed by atoms with Gasteiger partial charge in [0.05, 0.1) is 18.1 Å². The lowest BCUT2D eigenvalue weighted by atomic mass is 10.2. The fraction of sp³-hybridized carbons (Fsp3) is 0.357. The molecule has 1 heterocycles. The number of amides is 1. The zero-order valence-corrected chi connectivity index (χ0v) is 12.9. The maximum atomic E-state index is 11.6. The molecule has 0 saturated heterocycles. The number of benzene rings is 1. The Kier molecular flexibility index (Phi) is 4.85. The monoisotopic (exact) mass is 307 g/mol. The minimum absolute atomic E-state index is 0.272. The molecule has 1 atom stereocenters. The zero-order valence-electron chi connectivity index (χ0n) is 12.1. The van der Waals surface area contributed by atoms with Crippen LogP contribution in [0.4, 0.5) is 0 Å². The van der Waals surface area contributed by atoms with Crippen LogP contribution >= 0.6 is 11.8 Å². The van der Waals surface area contributed by atoms with E-state index in [-0.39, 0.29) is 5.91 Å². The van der Waals surface area contributed by atoms with Crippen LogP contribution in [0.15, 0.2) is 23.4 Å². The molecular weight excluding hydrogens is 290 g/mol. The third-order valence-electron chi connectivity index (χ3n) is 2.87. The summed E-state index contributed by atoms with van der Waals surface area (Å²) in [5, 5.41) is 3.27. The lowest BCUT2D eigenvalue weighted by molar-refractivity contribution is -0.144. The lowest BCUT2D eigenvalue weighted by Gasteiger charge is -2.13. The maximum absolute atomic E-state index is 11.6. The highest BCUT2D eigenvalue weighted by atomic mass is 32.2. The fourth-order valence-corrected chi connectivity index (χ4v) is 2.78. The third-order valence-corrected chi connectivity index (χ3v) is 3.83. The number of rotatable bonds is 5. The van der Waals surface area contributed by atoms with Gasteiger partial charge in [0, 0.05) is 12.7 Å². The number of thioether (sulfide) groups is 1. The Bertz CT molecular complexity index is 669. The van der Waals surface area contributed by atoms with Crippen molar-refractivity contribution in [3.63, 3.8) is 0 Å². The summed E-state index contributed by atoms with van der Waals surface area (Å²) in [7, 11) is 1.30. The van der Waals surface area contributed by atoms with Gasteiger partial charge in [-0.3, -0.25) is 4.79 Å². The maximum Gasteiger partial charge on any atom is 0.329 e. The number of carbonyl (C=O) groups excluding carboxylic acids is 2. The van der Waals surface area contributed by atoms with Crippen LogP contribution in [0.1, 0.15) is 12.5 Å². The Hall–Kier alpha value is -2.02. The predicted molar refractivity (Wildman–Crippen MR) is 81.2 cm³/mol. The standard InChI is InChI=1S/C14H17N3O3S/c1-8-4-5-10-11(6-8)17-14(16-10)21-7-12(13(19)20-3)15-9(2)18/h4-6,12H,7H2,1-3H3,(H,15,18)(H,16,17). The molecule has 2 rings (SSSR count). The molecule has 1 aromatic carbocycles. The molecule has 1 unspecified atom stereocenters. The molecule has 0 radical (unpaired) electrons. The number of nitrogens with one attached hydrogen (secondary N) is 2. The molecule has 112 valence electrons. The SMILES string of the molecule is COC(=O)C(CSc1nc2ccc(C)cc2[nH]1)NC(C)=O. The average molecular weight is 307 g/mol. The molecule has 0 aliphatic carbocycles. The topological polar surface area (TPSA) is 84.1 Å². The van der Waals surface area contributed by atoms with Gasteiger partial charge in [-0.2, -0.15) is 0 Å². The second-order valence-electron chi connectivity index (χ2n) is 4.65. The van der Waals surface area contributed by atoms with Gasteiger partial charge in [0.25, 0.3) is 0 Å². The summed E-state index contributed by atoms with van der Waals surface area (Å²) in [6, 6.07) is 5.26. The second-order valence-corrected chi connectivity index (χ2v) is 5.66. The summed E-state index contributed by atoms with van der Waals surface area (Å²) in [6.07, 6.45) is 0. The first-order chi connectivity index (χ1) is 9.99. The molecule has 7 heteroatoms. The van der Waals surface area contributed by atoms with E-state index in [1.165, 1.54) is 25.8 Å². The van der Waals surface area contributed by atoms with E-state index < -0.39 is 12.0 Å². The molecule has 0 saturated carbocycles. The van der Waals surface area contributed by atoms with Gasteiger partial charge in [-0.05, 0) is 24.6 Å². The number of imidazole rings is 1. The van der Waals surface area contributed by atoms with Crippen LogP contribution in [0.5, 0.6) is 0 Å². The summed E-state index contributed by atoms with van der Waals surface area (Å²) in [5.74, 6) is -0.388. The molecular formula is C14H17N3O3S. The quantitative estimate of drug-likeness (QED) is 0.648. The van der Waals surface area contributed by atoms with Crippen molar-refractivity contribution in [1.82, 2.24) is 15.3 Å². The fourth-order valence-electron chi connectivity index (χ4n) is 1.89. The van der Waals surface area contributed by atoms with Gasteiger partial charge in [-0.25, -0.2) is 9.78 Å². The zero-order chi connectivity index (χ0) is 15.4. The molecule has 0 aliphatic heterocycles. The number of ether oxygens (including phenoxy) is 1. The first-order valence-corrected chi connectivity index (χ1v) is 7.42. The first kappa shape index (κ1) is 15.4. The van der Waals surface area contributed by atoms with Gasteiger partial charge >= 0.3 is 5.97 Å². The predicted octanol–water partition coefficient (Wildman–Crippen LogP) is 1.64. The minimum Gasteiger partial charge on any atom is -0.467 e. The third kappa shape index (κ3) is 3.98. The van der Waals surface area contributed by atoms with E-state index >= 15 is 0 Å². The van der Waals surface area contributed by atoms with E-state index in [1.54, 1.807) is 0 Å². The molecule has 0 fully saturated rings. The molecule has 0 spiro atoms. The summed E-state index contributed by atoms with van der Waals surface area (Å²) in [4.78, 5) is 30.3. The largest absolute Gasteiger partial charge is 0.467 e. The Morgan fingerprint density at radius 2 is 2.24 bits per heavy atom. The second kappa shape index (κ2) is 6.62. The molecule has 0 bridgehead atoms. The van der Waals surface area contributed by atoms with Crippen molar-refractivity contribution < 1.29 is 14.3 Å². The van der Waals surface area contributed by atoms with Crippen molar-refractivity contribution in [2.45, 2.75) is 25.0 Å². The van der Waals surface area contributed by atoms with E-state index in [2.05, 4.69) is 20.0 Å². The van der Waals surface area contributed by atoms with Gasteiger partial charge in [0.1, 0.15) is 6.04 Å². The number of aromatic amines is 1. The average Bonchev–Trinajstić information content (AvgIpc) is 2.84. The number of hydrogen-bond donors (Lipinski definition) is 2. The van der Waals surface area contributed by atoms with Crippen LogP contribution in [0.25, 0.3) is 11.0 Å². The van der Waals surface area contributed by atoms with Gasteiger partial charge in [0.15, 0.2) is 5.16 Å². The number of hydrogen-bond acceptors (Lipinski definition) is 5. The van der Waals surface area contributed by atoms with Gasteiger partial charge in [-0.15, -0.1) is 0 Å². The van der Waals surface area contributed by atoms with Crippen LogP contribution in [-0.2, 0) is 14.3 Å². The molecule has 0 aliphatic rings. The van der Waals surface area contributed by atoms with Gasteiger partial charge < -0.3 is 15.0 Å². The minimum atomic E-state index is -0.688. The van der Waals surface area contributed by atoms with Crippen LogP contribution in [0.3, 0.4) is 0 Å². The number of methoxy groups -OCH3 is 1. The molecule has 2 N–H and O–H groups in total. The molecule has 2 aromatic rings. The van der Waals surface area contributed by atoms with E-state index in [1.807, 2.05) is 25.1 Å². The number of aryl methyl sites for hydroxylation is 1. The van der Waals surface area contributed by atoms with Crippen molar-refractivity contribution in [2.24, 2.45) is 0 Å². The number of esters is 1. The smallest absolute Gasteiger partial charge is 0.329 e. The summed E-state index contributed by atoms with van der Waals surface area (Å²) in [5.41, 5.74) is 2.97. The van der Waals surface area contributed by atoms with Crippen molar-refractivity contribution in [2.75, 3.05) is 12.9 Å². The molecule has 21 heavy (non-hydrogen) atoms. The number of fused-ring (bicyclic) bond motifs is 1. The Labute approximate surface area is 126 Å².